The monoisotopic (exact) mass is 603 g/mol. The van der Waals surface area contributed by atoms with Crippen LogP contribution in [0.15, 0.2) is 36.8 Å². The number of likely N-dealkylation sites (tertiary alicyclic amines) is 1. The van der Waals surface area contributed by atoms with Crippen LogP contribution in [0, 0.1) is 5.92 Å². The van der Waals surface area contributed by atoms with E-state index in [0.717, 1.165) is 5.56 Å². The van der Waals surface area contributed by atoms with E-state index in [1.807, 2.05) is 12.1 Å². The molecule has 3 N–H and O–H groups in total. The fraction of sp³-hybridized carbons (Fsp3) is 0.476. The van der Waals surface area contributed by atoms with E-state index in [0.29, 0.717) is 44.7 Å². The lowest BCUT2D eigenvalue weighted by molar-refractivity contribution is -0.193. The SMILES string of the molecule is O=C(O)C(F)(F)F.O=C(O)C(F)(F)F.O=C(c1ccn[nH]1)N1CC[C@@H]2CN(Cc3cccnc3)S(=O)(=O)[C@@H]2CC1. The van der Waals surface area contributed by atoms with E-state index in [9.17, 15) is 39.6 Å². The van der Waals surface area contributed by atoms with Crippen LogP contribution in [-0.4, -0.2) is 98.1 Å². The Morgan fingerprint density at radius 2 is 1.55 bits per heavy atom. The molecule has 2 atom stereocenters. The van der Waals surface area contributed by atoms with Crippen molar-refractivity contribution in [3.63, 3.8) is 0 Å². The molecule has 2 fully saturated rings. The zero-order chi connectivity index (χ0) is 30.3. The Bertz CT molecular complexity index is 1230. The van der Waals surface area contributed by atoms with Gasteiger partial charge in [0.2, 0.25) is 10.0 Å². The second-order valence-corrected chi connectivity index (χ2v) is 10.6. The number of H-pyrrole nitrogens is 1. The highest BCUT2D eigenvalue weighted by Gasteiger charge is 2.47. The summed E-state index contributed by atoms with van der Waals surface area (Å²) in [5.41, 5.74) is 1.33. The summed E-state index contributed by atoms with van der Waals surface area (Å²) >= 11 is 0. The fourth-order valence-corrected chi connectivity index (χ4v) is 6.12. The molecule has 2 aromatic heterocycles. The van der Waals surface area contributed by atoms with E-state index in [1.165, 1.54) is 0 Å². The summed E-state index contributed by atoms with van der Waals surface area (Å²) in [4.78, 5) is 36.1. The maximum Gasteiger partial charge on any atom is 0.490 e. The molecule has 0 bridgehead atoms. The number of fused-ring (bicyclic) bond motifs is 1. The van der Waals surface area contributed by atoms with Gasteiger partial charge >= 0.3 is 24.3 Å². The van der Waals surface area contributed by atoms with E-state index >= 15 is 0 Å². The molecule has 0 saturated carbocycles. The van der Waals surface area contributed by atoms with Gasteiger partial charge in [0.05, 0.1) is 5.25 Å². The number of carboxylic acids is 2. The maximum absolute atomic E-state index is 13.0. The van der Waals surface area contributed by atoms with Crippen LogP contribution in [0.25, 0.3) is 0 Å². The van der Waals surface area contributed by atoms with Crippen LogP contribution in [0.3, 0.4) is 0 Å². The Morgan fingerprint density at radius 3 is 2.02 bits per heavy atom. The number of alkyl halides is 6. The van der Waals surface area contributed by atoms with Gasteiger partial charge in [0.1, 0.15) is 5.69 Å². The topological polar surface area (TPSA) is 174 Å². The van der Waals surface area contributed by atoms with Gasteiger partial charge in [-0.05, 0) is 36.5 Å². The van der Waals surface area contributed by atoms with Crippen LogP contribution in [0.4, 0.5) is 26.3 Å². The summed E-state index contributed by atoms with van der Waals surface area (Å²) in [5, 5.41) is 20.3. The van der Waals surface area contributed by atoms with Crippen LogP contribution in [-0.2, 0) is 26.2 Å². The van der Waals surface area contributed by atoms with Crippen molar-refractivity contribution in [1.82, 2.24) is 24.4 Å². The van der Waals surface area contributed by atoms with Gasteiger partial charge in [0.15, 0.2) is 0 Å². The minimum atomic E-state index is -5.08. The number of aliphatic carboxylic acids is 2. The van der Waals surface area contributed by atoms with E-state index in [-0.39, 0.29) is 11.8 Å². The number of nitrogens with one attached hydrogen (secondary N) is 1. The molecule has 40 heavy (non-hydrogen) atoms. The first kappa shape index (κ1) is 32.5. The second kappa shape index (κ2) is 13.1. The summed E-state index contributed by atoms with van der Waals surface area (Å²) in [5.74, 6) is -5.58. The molecule has 0 aliphatic carbocycles. The first-order valence-corrected chi connectivity index (χ1v) is 12.7. The summed E-state index contributed by atoms with van der Waals surface area (Å²) in [7, 11) is -3.36. The van der Waals surface area contributed by atoms with Gasteiger partial charge in [-0.15, -0.1) is 0 Å². The number of carboxylic acid groups (broad SMARTS) is 2. The third kappa shape index (κ3) is 8.90. The molecular weight excluding hydrogens is 580 g/mol. The first-order chi connectivity index (χ1) is 18.4. The predicted octanol–water partition coefficient (Wildman–Crippen LogP) is 2.14. The summed E-state index contributed by atoms with van der Waals surface area (Å²) in [6, 6.07) is 5.34. The van der Waals surface area contributed by atoms with Crippen molar-refractivity contribution in [3.8, 4) is 0 Å². The highest BCUT2D eigenvalue weighted by Crippen LogP contribution is 2.35. The number of hydrogen-bond acceptors (Lipinski definition) is 7. The normalized spacial score (nSPS) is 20.6. The largest absolute Gasteiger partial charge is 0.490 e. The number of halogens is 6. The summed E-state index contributed by atoms with van der Waals surface area (Å²) in [6.45, 7) is 1.88. The number of aromatic amines is 1. The average Bonchev–Trinajstić information content (AvgIpc) is 3.40. The Kier molecular flexibility index (Phi) is 10.6. The molecule has 222 valence electrons. The zero-order valence-electron chi connectivity index (χ0n) is 20.3. The van der Waals surface area contributed by atoms with Crippen molar-refractivity contribution in [3.05, 3.63) is 48.0 Å². The lowest BCUT2D eigenvalue weighted by Gasteiger charge is -2.21. The molecule has 0 unspecified atom stereocenters. The van der Waals surface area contributed by atoms with Gasteiger partial charge in [0.25, 0.3) is 5.91 Å². The molecule has 0 radical (unpaired) electrons. The number of carbonyl (C=O) groups is 3. The number of carbonyl (C=O) groups excluding carboxylic acids is 1. The van der Waals surface area contributed by atoms with E-state index in [4.69, 9.17) is 19.8 Å². The maximum atomic E-state index is 13.0. The Labute approximate surface area is 222 Å². The molecule has 2 aromatic rings. The first-order valence-electron chi connectivity index (χ1n) is 11.2. The highest BCUT2D eigenvalue weighted by molar-refractivity contribution is 7.90. The van der Waals surface area contributed by atoms with Gasteiger partial charge < -0.3 is 15.1 Å². The molecule has 19 heteroatoms. The van der Waals surface area contributed by atoms with Crippen molar-refractivity contribution in [1.29, 1.82) is 0 Å². The van der Waals surface area contributed by atoms with Gasteiger partial charge in [-0.3, -0.25) is 14.9 Å². The molecule has 12 nitrogen and oxygen atoms in total. The van der Waals surface area contributed by atoms with E-state index < -0.39 is 39.6 Å². The third-order valence-corrected chi connectivity index (χ3v) is 8.13. The van der Waals surface area contributed by atoms with Crippen LogP contribution >= 0.6 is 0 Å². The Balaban J connectivity index is 0.000000333. The minimum absolute atomic E-state index is 0.0521. The van der Waals surface area contributed by atoms with E-state index in [1.54, 1.807) is 33.9 Å². The summed E-state index contributed by atoms with van der Waals surface area (Å²) in [6.07, 6.45) is -4.09. The quantitative estimate of drug-likeness (QED) is 0.444. The molecule has 4 heterocycles. The van der Waals surface area contributed by atoms with Crippen LogP contribution in [0.1, 0.15) is 28.9 Å². The van der Waals surface area contributed by atoms with Gasteiger partial charge in [-0.1, -0.05) is 6.07 Å². The van der Waals surface area contributed by atoms with Crippen molar-refractivity contribution in [2.45, 2.75) is 37.0 Å². The molecule has 4 rings (SSSR count). The fourth-order valence-electron chi connectivity index (χ4n) is 3.89. The molecular formula is C21H23F6N5O7S. The highest BCUT2D eigenvalue weighted by atomic mass is 32.2. The van der Waals surface area contributed by atoms with Crippen LogP contribution < -0.4 is 0 Å². The number of pyridine rings is 1. The van der Waals surface area contributed by atoms with Gasteiger partial charge in [0, 0.05) is 44.8 Å². The number of nitrogens with zero attached hydrogens (tertiary/aromatic N) is 4. The van der Waals surface area contributed by atoms with Crippen molar-refractivity contribution in [2.75, 3.05) is 19.6 Å². The van der Waals surface area contributed by atoms with Crippen molar-refractivity contribution >= 4 is 27.9 Å². The van der Waals surface area contributed by atoms with Gasteiger partial charge in [-0.25, -0.2) is 18.0 Å². The number of rotatable bonds is 3. The lowest BCUT2D eigenvalue weighted by atomic mass is 10.0. The molecule has 0 spiro atoms. The zero-order valence-corrected chi connectivity index (χ0v) is 21.1. The second-order valence-electron chi connectivity index (χ2n) is 8.44. The number of hydrogen-bond donors (Lipinski definition) is 3. The predicted molar refractivity (Wildman–Crippen MR) is 122 cm³/mol. The minimum Gasteiger partial charge on any atom is -0.475 e. The standard InChI is InChI=1S/C17H21N5O3S.2C2HF3O2/c23-17(15-3-7-19-20-15)21-8-4-14-12-22(11-13-2-1-6-18-10-13)26(24,25)16(14)5-9-21;2*3-2(4,5)1(6)7/h1-3,6-7,10,14,16H,4-5,8-9,11-12H2,(H,19,20);2*(H,6,7)/t14-,16-;;/m1../s1. The Morgan fingerprint density at radius 1 is 0.975 bits per heavy atom. The van der Waals surface area contributed by atoms with E-state index in [2.05, 4.69) is 15.2 Å². The molecule has 0 aromatic carbocycles. The number of sulfonamides is 1. The van der Waals surface area contributed by atoms with Crippen LogP contribution in [0.5, 0.6) is 0 Å². The number of amides is 1. The number of aromatic nitrogens is 3. The molecule has 2 aliphatic rings. The Hall–Kier alpha value is -3.74. The molecule has 1 amide bonds. The molecule has 2 saturated heterocycles. The average molecular weight is 603 g/mol. The van der Waals surface area contributed by atoms with Crippen LogP contribution in [0.2, 0.25) is 0 Å². The van der Waals surface area contributed by atoms with Crippen molar-refractivity contribution < 1.29 is 59.4 Å². The van der Waals surface area contributed by atoms with Crippen molar-refractivity contribution in [2.24, 2.45) is 5.92 Å². The van der Waals surface area contributed by atoms with Gasteiger partial charge in [-0.2, -0.15) is 35.7 Å². The third-order valence-electron chi connectivity index (χ3n) is 5.74. The molecule has 2 aliphatic heterocycles. The lowest BCUT2D eigenvalue weighted by Crippen LogP contribution is -2.34. The summed E-state index contributed by atoms with van der Waals surface area (Å²) < 4.78 is 91.0. The smallest absolute Gasteiger partial charge is 0.475 e.